The van der Waals surface area contributed by atoms with Gasteiger partial charge in [0.05, 0.1) is 5.69 Å². The van der Waals surface area contributed by atoms with E-state index in [1.807, 2.05) is 38.1 Å². The van der Waals surface area contributed by atoms with E-state index in [-0.39, 0.29) is 5.75 Å². The van der Waals surface area contributed by atoms with Gasteiger partial charge in [0.25, 0.3) is 0 Å². The van der Waals surface area contributed by atoms with Gasteiger partial charge in [0.1, 0.15) is 11.6 Å². The molecule has 0 fully saturated rings. The summed E-state index contributed by atoms with van der Waals surface area (Å²) < 4.78 is 41.9. The highest BCUT2D eigenvalue weighted by Gasteiger charge is 2.31. The number of likely N-dealkylation sites (N-methyl/N-ethyl adjacent to an activating group) is 1. The third kappa shape index (κ3) is 7.00. The van der Waals surface area contributed by atoms with E-state index in [2.05, 4.69) is 25.3 Å². The van der Waals surface area contributed by atoms with Crippen LogP contribution < -0.4 is 15.4 Å². The Morgan fingerprint density at radius 1 is 1.06 bits per heavy atom. The molecular formula is C22H23ClF3N5O. The highest BCUT2D eigenvalue weighted by Crippen LogP contribution is 2.30. The van der Waals surface area contributed by atoms with Crippen molar-refractivity contribution in [3.63, 3.8) is 0 Å². The number of hydrogen-bond donors (Lipinski definition) is 2. The second-order valence-corrected chi connectivity index (χ2v) is 7.76. The van der Waals surface area contributed by atoms with E-state index in [4.69, 9.17) is 11.6 Å². The zero-order chi connectivity index (χ0) is 23.3. The van der Waals surface area contributed by atoms with Crippen molar-refractivity contribution in [2.75, 3.05) is 37.8 Å². The van der Waals surface area contributed by atoms with Gasteiger partial charge in [-0.25, -0.2) is 4.98 Å². The number of halogens is 4. The van der Waals surface area contributed by atoms with Crippen LogP contribution in [0.4, 0.5) is 30.6 Å². The fourth-order valence-corrected chi connectivity index (χ4v) is 2.98. The lowest BCUT2D eigenvalue weighted by molar-refractivity contribution is -0.274. The van der Waals surface area contributed by atoms with Gasteiger partial charge in [-0.05, 0) is 50.8 Å². The van der Waals surface area contributed by atoms with Crippen LogP contribution in [-0.2, 0) is 0 Å². The molecule has 0 aliphatic heterocycles. The number of benzene rings is 2. The highest BCUT2D eigenvalue weighted by atomic mass is 35.5. The summed E-state index contributed by atoms with van der Waals surface area (Å²) in [5, 5.41) is 6.92. The summed E-state index contributed by atoms with van der Waals surface area (Å²) in [5.41, 5.74) is 2.54. The first kappa shape index (κ1) is 23.6. The zero-order valence-corrected chi connectivity index (χ0v) is 18.6. The molecule has 3 rings (SSSR count). The molecule has 1 heterocycles. The summed E-state index contributed by atoms with van der Waals surface area (Å²) in [4.78, 5) is 10.9. The Bertz CT molecular complexity index is 1080. The summed E-state index contributed by atoms with van der Waals surface area (Å²) in [6.45, 7) is 3.24. The number of ether oxygens (including phenoxy) is 1. The van der Waals surface area contributed by atoms with Gasteiger partial charge in [-0.2, -0.15) is 4.98 Å². The van der Waals surface area contributed by atoms with Crippen LogP contribution in [0.5, 0.6) is 5.75 Å². The molecule has 6 nitrogen and oxygen atoms in total. The molecule has 10 heteroatoms. The Morgan fingerprint density at radius 3 is 2.53 bits per heavy atom. The first-order valence-electron chi connectivity index (χ1n) is 9.76. The predicted molar refractivity (Wildman–Crippen MR) is 121 cm³/mol. The van der Waals surface area contributed by atoms with Gasteiger partial charge in [-0.1, -0.05) is 29.8 Å². The number of alkyl halides is 3. The lowest BCUT2D eigenvalue weighted by Crippen LogP contribution is -2.21. The maximum Gasteiger partial charge on any atom is 0.573 e. The summed E-state index contributed by atoms with van der Waals surface area (Å²) in [7, 11) is 3.89. The van der Waals surface area contributed by atoms with Gasteiger partial charge in [-0.15, -0.1) is 13.2 Å². The second kappa shape index (κ2) is 10.1. The Kier molecular flexibility index (Phi) is 7.42. The van der Waals surface area contributed by atoms with Crippen LogP contribution in [0.25, 0.3) is 11.3 Å². The molecule has 0 bridgehead atoms. The Hall–Kier alpha value is -3.04. The van der Waals surface area contributed by atoms with Crippen molar-refractivity contribution >= 4 is 29.1 Å². The maximum absolute atomic E-state index is 12.6. The molecule has 1 aromatic heterocycles. The molecule has 0 aliphatic rings. The predicted octanol–water partition coefficient (Wildman–Crippen LogP) is 5.72. The summed E-state index contributed by atoms with van der Waals surface area (Å²) in [6, 6.07) is 12.8. The summed E-state index contributed by atoms with van der Waals surface area (Å²) in [5.74, 6) is 0.479. The second-order valence-electron chi connectivity index (χ2n) is 7.36. The molecule has 2 N–H and O–H groups in total. The van der Waals surface area contributed by atoms with E-state index in [1.54, 1.807) is 18.2 Å². The van der Waals surface area contributed by atoms with E-state index in [9.17, 15) is 13.2 Å². The molecule has 2 aromatic carbocycles. The maximum atomic E-state index is 12.6. The lowest BCUT2D eigenvalue weighted by atomic mass is 10.1. The molecule has 0 spiro atoms. The Labute approximate surface area is 189 Å². The molecule has 0 aliphatic carbocycles. The number of aromatic nitrogens is 2. The molecule has 32 heavy (non-hydrogen) atoms. The van der Waals surface area contributed by atoms with Gasteiger partial charge < -0.3 is 20.3 Å². The number of rotatable bonds is 8. The van der Waals surface area contributed by atoms with Crippen LogP contribution in [0.2, 0.25) is 5.02 Å². The van der Waals surface area contributed by atoms with Crippen molar-refractivity contribution < 1.29 is 17.9 Å². The van der Waals surface area contributed by atoms with Crippen LogP contribution in [0.3, 0.4) is 0 Å². The fraction of sp³-hybridized carbons (Fsp3) is 0.273. The molecule has 0 radical (unpaired) electrons. The fourth-order valence-electron chi connectivity index (χ4n) is 2.80. The van der Waals surface area contributed by atoms with Crippen LogP contribution in [0.1, 0.15) is 5.56 Å². The lowest BCUT2D eigenvalue weighted by Gasteiger charge is -2.14. The standard InChI is InChI=1S/C22H23ClF3N5O/c1-14-7-8-16(12-18(14)23)28-20-13-19(29-21(30-20)27-9-10-31(2)3)15-5-4-6-17(11-15)32-22(24,25)26/h4-8,11-13H,9-10H2,1-3H3,(H2,27,28,29,30). The zero-order valence-electron chi connectivity index (χ0n) is 17.8. The first-order valence-corrected chi connectivity index (χ1v) is 10.1. The minimum Gasteiger partial charge on any atom is -0.406 e. The summed E-state index contributed by atoms with van der Waals surface area (Å²) in [6.07, 6.45) is -4.78. The van der Waals surface area contributed by atoms with Gasteiger partial charge in [0.15, 0.2) is 0 Å². The molecule has 0 atom stereocenters. The number of aryl methyl sites for hydroxylation is 1. The molecule has 170 valence electrons. The molecular weight excluding hydrogens is 443 g/mol. The largest absolute Gasteiger partial charge is 0.573 e. The minimum atomic E-state index is -4.78. The SMILES string of the molecule is Cc1ccc(Nc2cc(-c3cccc(OC(F)(F)F)c3)nc(NCCN(C)C)n2)cc1Cl. The monoisotopic (exact) mass is 465 g/mol. The van der Waals surface area contributed by atoms with E-state index in [0.717, 1.165) is 17.8 Å². The van der Waals surface area contributed by atoms with Gasteiger partial charge >= 0.3 is 6.36 Å². The molecule has 3 aromatic rings. The van der Waals surface area contributed by atoms with Gasteiger partial charge in [0.2, 0.25) is 5.95 Å². The van der Waals surface area contributed by atoms with E-state index >= 15 is 0 Å². The molecule has 0 amide bonds. The van der Waals surface area contributed by atoms with Crippen molar-refractivity contribution in [3.05, 3.63) is 59.1 Å². The van der Waals surface area contributed by atoms with Crippen LogP contribution in [0.15, 0.2) is 48.5 Å². The first-order chi connectivity index (χ1) is 15.1. The van der Waals surface area contributed by atoms with Crippen molar-refractivity contribution in [2.45, 2.75) is 13.3 Å². The quantitative estimate of drug-likeness (QED) is 0.443. The highest BCUT2D eigenvalue weighted by molar-refractivity contribution is 6.31. The molecule has 0 unspecified atom stereocenters. The van der Waals surface area contributed by atoms with Gasteiger partial charge in [-0.3, -0.25) is 0 Å². The van der Waals surface area contributed by atoms with Crippen molar-refractivity contribution in [3.8, 4) is 17.0 Å². The van der Waals surface area contributed by atoms with Crippen molar-refractivity contribution in [2.24, 2.45) is 0 Å². The van der Waals surface area contributed by atoms with E-state index < -0.39 is 6.36 Å². The molecule has 0 saturated carbocycles. The third-order valence-corrected chi connectivity index (χ3v) is 4.78. The van der Waals surface area contributed by atoms with E-state index in [1.165, 1.54) is 18.2 Å². The van der Waals surface area contributed by atoms with Gasteiger partial charge in [0, 0.05) is 35.4 Å². The Morgan fingerprint density at radius 2 is 1.84 bits per heavy atom. The number of nitrogens with one attached hydrogen (secondary N) is 2. The third-order valence-electron chi connectivity index (χ3n) is 4.38. The molecule has 0 saturated heterocycles. The number of nitrogens with zero attached hydrogens (tertiary/aromatic N) is 3. The van der Waals surface area contributed by atoms with E-state index in [0.29, 0.717) is 34.6 Å². The van der Waals surface area contributed by atoms with Crippen molar-refractivity contribution in [1.82, 2.24) is 14.9 Å². The van der Waals surface area contributed by atoms with Crippen molar-refractivity contribution in [1.29, 1.82) is 0 Å². The topological polar surface area (TPSA) is 62.3 Å². The average molecular weight is 466 g/mol. The number of hydrogen-bond acceptors (Lipinski definition) is 6. The smallest absolute Gasteiger partial charge is 0.406 e. The normalized spacial score (nSPS) is 11.5. The Balaban J connectivity index is 1.94. The average Bonchev–Trinajstić information content (AvgIpc) is 2.69. The number of anilines is 3. The van der Waals surface area contributed by atoms with Crippen LogP contribution in [-0.4, -0.2) is 48.4 Å². The minimum absolute atomic E-state index is 0.324. The van der Waals surface area contributed by atoms with Crippen LogP contribution in [0, 0.1) is 6.92 Å². The van der Waals surface area contributed by atoms with Crippen LogP contribution >= 0.6 is 11.6 Å². The summed E-state index contributed by atoms with van der Waals surface area (Å²) >= 11 is 6.21.